The van der Waals surface area contributed by atoms with E-state index in [4.69, 9.17) is 0 Å². The van der Waals surface area contributed by atoms with Crippen molar-refractivity contribution in [3.05, 3.63) is 20.8 Å². The van der Waals surface area contributed by atoms with Crippen molar-refractivity contribution in [2.24, 2.45) is 11.8 Å². The third-order valence-electron chi connectivity index (χ3n) is 4.74. The Balaban J connectivity index is 1.60. The lowest BCUT2D eigenvalue weighted by Gasteiger charge is -2.17. The van der Waals surface area contributed by atoms with Crippen LogP contribution in [0.15, 0.2) is 9.95 Å². The highest BCUT2D eigenvalue weighted by Crippen LogP contribution is 2.36. The maximum atomic E-state index is 12.5. The van der Waals surface area contributed by atoms with E-state index in [1.165, 1.54) is 4.88 Å². The number of thioether (sulfide) groups is 1. The Morgan fingerprint density at radius 3 is 2.93 bits per heavy atom. The highest BCUT2D eigenvalue weighted by atomic mass is 32.2. The fourth-order valence-corrected chi connectivity index (χ4v) is 5.31. The molecule has 1 atom stereocenters. The molecule has 2 aromatic heterocycles. The Labute approximate surface area is 172 Å². The quantitative estimate of drug-likeness (QED) is 0.490. The number of nitrogens with one attached hydrogen (secondary N) is 3. The van der Waals surface area contributed by atoms with Gasteiger partial charge in [-0.05, 0) is 43.1 Å². The van der Waals surface area contributed by atoms with Crippen LogP contribution in [0.5, 0.6) is 0 Å². The number of carbonyl (C=O) groups excluding carboxylic acids is 2. The van der Waals surface area contributed by atoms with E-state index in [9.17, 15) is 14.4 Å². The zero-order valence-electron chi connectivity index (χ0n) is 16.4. The van der Waals surface area contributed by atoms with Crippen molar-refractivity contribution in [3.63, 3.8) is 0 Å². The Bertz CT molecular complexity index is 935. The summed E-state index contributed by atoms with van der Waals surface area (Å²) in [5.74, 6) is 0.696. The van der Waals surface area contributed by atoms with Gasteiger partial charge in [-0.25, -0.2) is 9.78 Å². The van der Waals surface area contributed by atoms with Gasteiger partial charge in [-0.15, -0.1) is 11.3 Å². The van der Waals surface area contributed by atoms with E-state index in [0.717, 1.165) is 47.8 Å². The smallest absolute Gasteiger partial charge is 0.321 e. The van der Waals surface area contributed by atoms with Crippen LogP contribution in [0.4, 0.5) is 4.79 Å². The molecule has 3 rings (SSSR count). The van der Waals surface area contributed by atoms with Crippen LogP contribution in [0.1, 0.15) is 44.1 Å². The van der Waals surface area contributed by atoms with Crippen LogP contribution in [0, 0.1) is 11.8 Å². The van der Waals surface area contributed by atoms with Gasteiger partial charge >= 0.3 is 6.03 Å². The van der Waals surface area contributed by atoms with Crippen molar-refractivity contribution in [2.75, 3.05) is 12.3 Å². The molecular formula is C19H26N4O3S2. The molecule has 1 aliphatic carbocycles. The lowest BCUT2D eigenvalue weighted by atomic mass is 9.89. The highest BCUT2D eigenvalue weighted by Gasteiger charge is 2.23. The van der Waals surface area contributed by atoms with Crippen LogP contribution in [-0.2, 0) is 17.6 Å². The third kappa shape index (κ3) is 5.14. The first-order valence-electron chi connectivity index (χ1n) is 9.58. The summed E-state index contributed by atoms with van der Waals surface area (Å²) in [6.45, 7) is 6.88. The van der Waals surface area contributed by atoms with Gasteiger partial charge in [0.1, 0.15) is 4.83 Å². The average molecular weight is 423 g/mol. The molecule has 3 amide bonds. The van der Waals surface area contributed by atoms with E-state index < -0.39 is 11.9 Å². The number of amides is 3. The summed E-state index contributed by atoms with van der Waals surface area (Å²) >= 11 is 2.70. The summed E-state index contributed by atoms with van der Waals surface area (Å²) in [4.78, 5) is 45.5. The molecule has 7 nitrogen and oxygen atoms in total. The van der Waals surface area contributed by atoms with Gasteiger partial charge in [-0.1, -0.05) is 32.5 Å². The number of aromatic nitrogens is 2. The zero-order valence-corrected chi connectivity index (χ0v) is 18.0. The third-order valence-corrected chi connectivity index (χ3v) is 6.77. The normalized spacial score (nSPS) is 16.2. The van der Waals surface area contributed by atoms with E-state index in [-0.39, 0.29) is 11.3 Å². The molecule has 28 heavy (non-hydrogen) atoms. The maximum absolute atomic E-state index is 12.5. The molecule has 3 N–H and O–H groups in total. The average Bonchev–Trinajstić information content (AvgIpc) is 2.97. The number of hydrogen-bond acceptors (Lipinski definition) is 6. The first-order valence-corrected chi connectivity index (χ1v) is 11.4. The van der Waals surface area contributed by atoms with Crippen LogP contribution in [0.3, 0.4) is 0 Å². The molecule has 0 unspecified atom stereocenters. The predicted octanol–water partition coefficient (Wildman–Crippen LogP) is 3.07. The van der Waals surface area contributed by atoms with Gasteiger partial charge in [-0.3, -0.25) is 14.9 Å². The standard InChI is InChI=1S/C19H26N4O3S2/c1-10(2)6-7-20-18(26)21-14(24)9-27-19-22-16(25)15-12-5-4-11(3)8-13(12)28-17(15)23-19/h10-11H,4-9H2,1-3H3,(H,22,23,25)(H2,20,21,24,26)/t11-/m1/s1. The number of aromatic amines is 1. The van der Waals surface area contributed by atoms with Crippen molar-refractivity contribution >= 4 is 45.3 Å². The molecule has 1 aliphatic rings. The number of urea groups is 1. The minimum absolute atomic E-state index is 0.00811. The number of carbonyl (C=O) groups is 2. The number of hydrogen-bond donors (Lipinski definition) is 3. The molecule has 0 radical (unpaired) electrons. The van der Waals surface area contributed by atoms with Crippen LogP contribution in [0.25, 0.3) is 10.2 Å². The Hall–Kier alpha value is -1.87. The molecule has 0 bridgehead atoms. The zero-order chi connectivity index (χ0) is 20.3. The molecule has 0 spiro atoms. The number of rotatable bonds is 6. The number of thiophene rings is 1. The molecule has 0 aromatic carbocycles. The number of aryl methyl sites for hydroxylation is 1. The molecule has 0 saturated carbocycles. The summed E-state index contributed by atoms with van der Waals surface area (Å²) in [6, 6.07) is -0.497. The Morgan fingerprint density at radius 1 is 1.39 bits per heavy atom. The van der Waals surface area contributed by atoms with E-state index in [2.05, 4.69) is 41.4 Å². The van der Waals surface area contributed by atoms with Crippen molar-refractivity contribution in [1.82, 2.24) is 20.6 Å². The number of H-pyrrole nitrogens is 1. The van der Waals surface area contributed by atoms with E-state index >= 15 is 0 Å². The summed E-state index contributed by atoms with van der Waals surface area (Å²) in [7, 11) is 0. The second-order valence-corrected chi connectivity index (χ2v) is 9.73. The van der Waals surface area contributed by atoms with Crippen molar-refractivity contribution < 1.29 is 9.59 Å². The highest BCUT2D eigenvalue weighted by molar-refractivity contribution is 7.99. The SMILES string of the molecule is CC(C)CCNC(=O)NC(=O)CSc1nc2sc3c(c2c(=O)[nH]1)CC[C@@H](C)C3. The minimum Gasteiger partial charge on any atom is -0.338 e. The van der Waals surface area contributed by atoms with Crippen LogP contribution >= 0.6 is 23.1 Å². The van der Waals surface area contributed by atoms with Gasteiger partial charge in [0.15, 0.2) is 5.16 Å². The van der Waals surface area contributed by atoms with Crippen LogP contribution < -0.4 is 16.2 Å². The molecule has 0 saturated heterocycles. The van der Waals surface area contributed by atoms with Gasteiger partial charge in [0, 0.05) is 11.4 Å². The summed E-state index contributed by atoms with van der Waals surface area (Å²) in [6.07, 6.45) is 3.86. The van der Waals surface area contributed by atoms with E-state index in [0.29, 0.717) is 28.9 Å². The molecule has 0 aliphatic heterocycles. The first kappa shape index (κ1) is 20.9. The minimum atomic E-state index is -0.497. The summed E-state index contributed by atoms with van der Waals surface area (Å²) in [5.41, 5.74) is 0.991. The Morgan fingerprint density at radius 2 is 2.18 bits per heavy atom. The number of nitrogens with zero attached hydrogens (tertiary/aromatic N) is 1. The van der Waals surface area contributed by atoms with Crippen LogP contribution in [-0.4, -0.2) is 34.2 Å². The number of imide groups is 1. The maximum Gasteiger partial charge on any atom is 0.321 e. The van der Waals surface area contributed by atoms with Crippen LogP contribution in [0.2, 0.25) is 0 Å². The Kier molecular flexibility index (Phi) is 6.77. The lowest BCUT2D eigenvalue weighted by molar-refractivity contribution is -0.117. The number of fused-ring (bicyclic) bond motifs is 3. The molecule has 9 heteroatoms. The van der Waals surface area contributed by atoms with Crippen molar-refractivity contribution in [3.8, 4) is 0 Å². The van der Waals surface area contributed by atoms with Crippen molar-refractivity contribution in [2.45, 2.75) is 51.6 Å². The fourth-order valence-electron chi connectivity index (χ4n) is 3.21. The fraction of sp³-hybridized carbons (Fsp3) is 0.579. The van der Waals surface area contributed by atoms with Gasteiger partial charge < -0.3 is 10.3 Å². The van der Waals surface area contributed by atoms with E-state index in [1.54, 1.807) is 11.3 Å². The summed E-state index contributed by atoms with van der Waals surface area (Å²) < 4.78 is 0. The molecular weight excluding hydrogens is 396 g/mol. The van der Waals surface area contributed by atoms with E-state index in [1.807, 2.05) is 0 Å². The summed E-state index contributed by atoms with van der Waals surface area (Å²) in [5, 5.41) is 6.05. The largest absolute Gasteiger partial charge is 0.338 e. The lowest BCUT2D eigenvalue weighted by Crippen LogP contribution is -2.40. The monoisotopic (exact) mass is 422 g/mol. The molecule has 0 fully saturated rings. The van der Waals surface area contributed by atoms with Gasteiger partial charge in [-0.2, -0.15) is 0 Å². The molecule has 2 aromatic rings. The van der Waals surface area contributed by atoms with Gasteiger partial charge in [0.05, 0.1) is 11.1 Å². The molecule has 152 valence electrons. The first-order chi connectivity index (χ1) is 13.3. The topological polar surface area (TPSA) is 104 Å². The van der Waals surface area contributed by atoms with Crippen molar-refractivity contribution in [1.29, 1.82) is 0 Å². The molecule has 2 heterocycles. The second kappa shape index (κ2) is 9.09. The predicted molar refractivity (Wildman–Crippen MR) is 113 cm³/mol. The van der Waals surface area contributed by atoms with Gasteiger partial charge in [0.25, 0.3) is 5.56 Å². The van der Waals surface area contributed by atoms with Gasteiger partial charge in [0.2, 0.25) is 5.91 Å². The second-order valence-electron chi connectivity index (χ2n) is 7.68.